The number of thioether (sulfide) groups is 1. The molecule has 0 spiro atoms. The lowest BCUT2D eigenvalue weighted by molar-refractivity contribution is -0.113. The number of rotatable bonds is 7. The maximum Gasteiger partial charge on any atom is 0.277 e. The van der Waals surface area contributed by atoms with Crippen LogP contribution in [-0.2, 0) is 4.79 Å². The third-order valence-corrected chi connectivity index (χ3v) is 3.93. The molecule has 128 valence electrons. The van der Waals surface area contributed by atoms with Crippen LogP contribution in [0, 0.1) is 0 Å². The van der Waals surface area contributed by atoms with Crippen LogP contribution in [0.1, 0.15) is 6.92 Å². The van der Waals surface area contributed by atoms with Crippen LogP contribution >= 0.6 is 11.8 Å². The molecule has 25 heavy (non-hydrogen) atoms. The molecule has 1 aromatic carbocycles. The Bertz CT molecular complexity index is 821. The molecule has 8 heteroatoms. The highest BCUT2D eigenvalue weighted by Gasteiger charge is 2.11. The molecular weight excluding hydrogens is 340 g/mol. The van der Waals surface area contributed by atoms with Gasteiger partial charge in [-0.05, 0) is 43.3 Å². The monoisotopic (exact) mass is 356 g/mol. The second kappa shape index (κ2) is 8.29. The van der Waals surface area contributed by atoms with Crippen LogP contribution < -0.4 is 10.1 Å². The summed E-state index contributed by atoms with van der Waals surface area (Å²) in [5, 5.41) is 11.1. The Morgan fingerprint density at radius 3 is 2.64 bits per heavy atom. The molecule has 2 aromatic heterocycles. The minimum absolute atomic E-state index is 0.156. The average molecular weight is 356 g/mol. The number of hydrogen-bond donors (Lipinski definition) is 1. The Kier molecular flexibility index (Phi) is 5.63. The summed E-state index contributed by atoms with van der Waals surface area (Å²) in [5.41, 5.74) is 1.49. The van der Waals surface area contributed by atoms with Crippen LogP contribution in [0.2, 0.25) is 0 Å². The number of amides is 1. The standard InChI is InChI=1S/C17H16N4O3S/c1-2-23-14-5-3-12(4-6-14)16-20-21-17(24-16)25-11-15(22)19-13-7-9-18-10-8-13/h3-10H,2,11H2,1H3,(H,18,19,22). The molecule has 1 N–H and O–H groups in total. The molecule has 0 atom stereocenters. The van der Waals surface area contributed by atoms with E-state index in [4.69, 9.17) is 9.15 Å². The Labute approximate surface area is 148 Å². The van der Waals surface area contributed by atoms with Crippen LogP contribution in [0.25, 0.3) is 11.5 Å². The van der Waals surface area contributed by atoms with Crippen molar-refractivity contribution in [1.29, 1.82) is 0 Å². The van der Waals surface area contributed by atoms with Crippen LogP contribution in [0.3, 0.4) is 0 Å². The molecule has 0 saturated carbocycles. The number of carbonyl (C=O) groups is 1. The van der Waals surface area contributed by atoms with E-state index in [2.05, 4.69) is 20.5 Å². The summed E-state index contributed by atoms with van der Waals surface area (Å²) in [7, 11) is 0. The zero-order valence-electron chi connectivity index (χ0n) is 13.5. The lowest BCUT2D eigenvalue weighted by Crippen LogP contribution is -2.13. The summed E-state index contributed by atoms with van der Waals surface area (Å²) in [5.74, 6) is 1.21. The predicted octanol–water partition coefficient (Wildman–Crippen LogP) is 3.26. The summed E-state index contributed by atoms with van der Waals surface area (Å²) in [6.45, 7) is 2.54. The van der Waals surface area contributed by atoms with E-state index in [1.807, 2.05) is 31.2 Å². The Morgan fingerprint density at radius 2 is 1.92 bits per heavy atom. The van der Waals surface area contributed by atoms with Gasteiger partial charge in [0.05, 0.1) is 12.4 Å². The number of aromatic nitrogens is 3. The summed E-state index contributed by atoms with van der Waals surface area (Å²) in [6.07, 6.45) is 3.23. The Morgan fingerprint density at radius 1 is 1.16 bits per heavy atom. The topological polar surface area (TPSA) is 90.1 Å². The molecule has 1 amide bonds. The summed E-state index contributed by atoms with van der Waals surface area (Å²) >= 11 is 1.18. The fourth-order valence-electron chi connectivity index (χ4n) is 2.00. The van der Waals surface area contributed by atoms with E-state index in [0.717, 1.165) is 11.3 Å². The summed E-state index contributed by atoms with van der Waals surface area (Å²) in [4.78, 5) is 15.8. The molecular formula is C17H16N4O3S. The first-order valence-electron chi connectivity index (χ1n) is 7.64. The van der Waals surface area contributed by atoms with Crippen molar-refractivity contribution >= 4 is 23.4 Å². The maximum absolute atomic E-state index is 11.9. The zero-order valence-corrected chi connectivity index (χ0v) is 14.3. The van der Waals surface area contributed by atoms with E-state index in [1.165, 1.54) is 11.8 Å². The summed E-state index contributed by atoms with van der Waals surface area (Å²) in [6, 6.07) is 10.8. The quantitative estimate of drug-likeness (QED) is 0.650. The predicted molar refractivity (Wildman–Crippen MR) is 94.5 cm³/mol. The molecule has 7 nitrogen and oxygen atoms in total. The highest BCUT2D eigenvalue weighted by molar-refractivity contribution is 7.99. The van der Waals surface area contributed by atoms with E-state index >= 15 is 0 Å². The molecule has 0 radical (unpaired) electrons. The average Bonchev–Trinajstić information content (AvgIpc) is 3.11. The van der Waals surface area contributed by atoms with Crippen molar-refractivity contribution in [3.8, 4) is 17.2 Å². The van der Waals surface area contributed by atoms with Gasteiger partial charge in [0.1, 0.15) is 5.75 Å². The second-order valence-electron chi connectivity index (χ2n) is 4.90. The normalized spacial score (nSPS) is 10.4. The van der Waals surface area contributed by atoms with E-state index in [9.17, 15) is 4.79 Å². The van der Waals surface area contributed by atoms with Crippen LogP contribution in [0.5, 0.6) is 5.75 Å². The molecule has 0 bridgehead atoms. The van der Waals surface area contributed by atoms with Crippen molar-refractivity contribution in [3.63, 3.8) is 0 Å². The van der Waals surface area contributed by atoms with Gasteiger partial charge in [0, 0.05) is 23.6 Å². The van der Waals surface area contributed by atoms with E-state index in [1.54, 1.807) is 24.5 Å². The Balaban J connectivity index is 1.55. The third kappa shape index (κ3) is 4.80. The van der Waals surface area contributed by atoms with Crippen molar-refractivity contribution in [2.75, 3.05) is 17.7 Å². The van der Waals surface area contributed by atoms with Crippen LogP contribution in [0.15, 0.2) is 58.4 Å². The number of carbonyl (C=O) groups excluding carboxylic acids is 1. The molecule has 3 aromatic rings. The van der Waals surface area contributed by atoms with E-state index in [0.29, 0.717) is 23.4 Å². The van der Waals surface area contributed by atoms with Gasteiger partial charge in [-0.3, -0.25) is 9.78 Å². The number of nitrogens with zero attached hydrogens (tertiary/aromatic N) is 3. The van der Waals surface area contributed by atoms with Crippen LogP contribution in [0.4, 0.5) is 5.69 Å². The van der Waals surface area contributed by atoms with E-state index < -0.39 is 0 Å². The van der Waals surface area contributed by atoms with Gasteiger partial charge in [0.15, 0.2) is 0 Å². The Hall–Kier alpha value is -2.87. The first-order chi connectivity index (χ1) is 12.2. The first-order valence-corrected chi connectivity index (χ1v) is 8.62. The number of ether oxygens (including phenoxy) is 1. The van der Waals surface area contributed by atoms with Crippen molar-refractivity contribution < 1.29 is 13.9 Å². The van der Waals surface area contributed by atoms with Gasteiger partial charge in [-0.15, -0.1) is 10.2 Å². The fraction of sp³-hybridized carbons (Fsp3) is 0.176. The number of benzene rings is 1. The zero-order chi connectivity index (χ0) is 17.5. The molecule has 0 unspecified atom stereocenters. The van der Waals surface area contributed by atoms with Crippen molar-refractivity contribution in [2.24, 2.45) is 0 Å². The van der Waals surface area contributed by atoms with Gasteiger partial charge >= 0.3 is 0 Å². The molecule has 0 fully saturated rings. The third-order valence-electron chi connectivity index (χ3n) is 3.11. The van der Waals surface area contributed by atoms with Gasteiger partial charge in [-0.25, -0.2) is 0 Å². The minimum Gasteiger partial charge on any atom is -0.494 e. The highest BCUT2D eigenvalue weighted by atomic mass is 32.2. The largest absolute Gasteiger partial charge is 0.494 e. The number of anilines is 1. The fourth-order valence-corrected chi connectivity index (χ4v) is 2.57. The molecule has 0 aliphatic rings. The van der Waals surface area contributed by atoms with Gasteiger partial charge in [0.25, 0.3) is 5.22 Å². The van der Waals surface area contributed by atoms with Crippen LogP contribution in [-0.4, -0.2) is 33.4 Å². The van der Waals surface area contributed by atoms with E-state index in [-0.39, 0.29) is 11.7 Å². The summed E-state index contributed by atoms with van der Waals surface area (Å²) < 4.78 is 11.0. The smallest absolute Gasteiger partial charge is 0.277 e. The lowest BCUT2D eigenvalue weighted by Gasteiger charge is -2.03. The lowest BCUT2D eigenvalue weighted by atomic mass is 10.2. The first kappa shape index (κ1) is 17.0. The van der Waals surface area contributed by atoms with Gasteiger partial charge in [-0.2, -0.15) is 0 Å². The molecule has 3 rings (SSSR count). The molecule has 0 aliphatic carbocycles. The molecule has 0 aliphatic heterocycles. The van der Waals surface area contributed by atoms with Crippen molar-refractivity contribution in [3.05, 3.63) is 48.8 Å². The second-order valence-corrected chi connectivity index (χ2v) is 5.83. The number of pyridine rings is 1. The molecule has 2 heterocycles. The SMILES string of the molecule is CCOc1ccc(-c2nnc(SCC(=O)Nc3ccncc3)o2)cc1. The van der Waals surface area contributed by atoms with Gasteiger partial charge in [0.2, 0.25) is 11.8 Å². The number of nitrogens with one attached hydrogen (secondary N) is 1. The maximum atomic E-state index is 11.9. The number of hydrogen-bond acceptors (Lipinski definition) is 7. The highest BCUT2D eigenvalue weighted by Crippen LogP contribution is 2.25. The van der Waals surface area contributed by atoms with Gasteiger partial charge in [-0.1, -0.05) is 11.8 Å². The van der Waals surface area contributed by atoms with Gasteiger partial charge < -0.3 is 14.5 Å². The van der Waals surface area contributed by atoms with Crippen molar-refractivity contribution in [2.45, 2.75) is 12.1 Å². The minimum atomic E-state index is -0.156. The molecule has 0 saturated heterocycles. The van der Waals surface area contributed by atoms with Crippen molar-refractivity contribution in [1.82, 2.24) is 15.2 Å².